The molecule has 6 nitrogen and oxygen atoms in total. The number of carbonyl (C=O) groups excluding carboxylic acids is 2. The van der Waals surface area contributed by atoms with Gasteiger partial charge in [-0.15, -0.1) is 0 Å². The number of nitrogens with one attached hydrogen (secondary N) is 2. The van der Waals surface area contributed by atoms with Gasteiger partial charge in [0, 0.05) is 10.7 Å². The Balaban J connectivity index is 1.96. The van der Waals surface area contributed by atoms with Gasteiger partial charge in [-0.1, -0.05) is 29.8 Å². The standard InChI is InChI=1S/C20H24ClN3O3/c1-13-7-5-6-8-16(13)23-20(26)14(2)24(3)12-19(25)22-17-11-15(21)9-10-18(17)27-4/h5-11,14H,12H2,1-4H3,(H,22,25)(H,23,26)/t14-/m0/s1. The number of anilines is 2. The second-order valence-corrected chi connectivity index (χ2v) is 6.72. The van der Waals surface area contributed by atoms with Crippen molar-refractivity contribution in [1.29, 1.82) is 0 Å². The molecule has 144 valence electrons. The van der Waals surface area contributed by atoms with Crippen LogP contribution >= 0.6 is 11.6 Å². The molecule has 0 radical (unpaired) electrons. The van der Waals surface area contributed by atoms with Crippen molar-refractivity contribution >= 4 is 34.8 Å². The lowest BCUT2D eigenvalue weighted by Gasteiger charge is -2.24. The number of para-hydroxylation sites is 1. The third-order valence-electron chi connectivity index (χ3n) is 4.27. The van der Waals surface area contributed by atoms with Gasteiger partial charge in [-0.05, 0) is 50.7 Å². The highest BCUT2D eigenvalue weighted by atomic mass is 35.5. The number of amides is 2. The van der Waals surface area contributed by atoms with E-state index in [9.17, 15) is 9.59 Å². The Kier molecular flexibility index (Phi) is 7.21. The molecular weight excluding hydrogens is 366 g/mol. The molecule has 0 fully saturated rings. The smallest absolute Gasteiger partial charge is 0.241 e. The zero-order chi connectivity index (χ0) is 20.0. The number of nitrogens with zero attached hydrogens (tertiary/aromatic N) is 1. The van der Waals surface area contributed by atoms with Gasteiger partial charge in [0.15, 0.2) is 0 Å². The first-order valence-electron chi connectivity index (χ1n) is 8.52. The molecular formula is C20H24ClN3O3. The predicted octanol–water partition coefficient (Wildman–Crippen LogP) is 3.55. The quantitative estimate of drug-likeness (QED) is 0.759. The molecule has 0 aliphatic carbocycles. The highest BCUT2D eigenvalue weighted by molar-refractivity contribution is 6.31. The third-order valence-corrected chi connectivity index (χ3v) is 4.51. The molecule has 2 aromatic rings. The largest absolute Gasteiger partial charge is 0.495 e. The lowest BCUT2D eigenvalue weighted by atomic mass is 10.2. The third kappa shape index (κ3) is 5.70. The van der Waals surface area contributed by atoms with Crippen LogP contribution in [-0.4, -0.2) is 43.5 Å². The fourth-order valence-electron chi connectivity index (χ4n) is 2.48. The van der Waals surface area contributed by atoms with Crippen molar-refractivity contribution in [3.8, 4) is 5.75 Å². The SMILES string of the molecule is COc1ccc(Cl)cc1NC(=O)CN(C)[C@@H](C)C(=O)Nc1ccccc1C. The molecule has 0 spiro atoms. The minimum absolute atomic E-state index is 0.0397. The number of aryl methyl sites for hydroxylation is 1. The van der Waals surface area contributed by atoms with E-state index in [2.05, 4.69) is 10.6 Å². The summed E-state index contributed by atoms with van der Waals surface area (Å²) in [5, 5.41) is 6.14. The molecule has 1 atom stereocenters. The van der Waals surface area contributed by atoms with Gasteiger partial charge in [0.05, 0.1) is 25.4 Å². The normalized spacial score (nSPS) is 11.8. The highest BCUT2D eigenvalue weighted by Crippen LogP contribution is 2.27. The van der Waals surface area contributed by atoms with Gasteiger partial charge in [0.2, 0.25) is 11.8 Å². The van der Waals surface area contributed by atoms with Crippen LogP contribution in [-0.2, 0) is 9.59 Å². The molecule has 0 unspecified atom stereocenters. The van der Waals surface area contributed by atoms with Gasteiger partial charge in [0.25, 0.3) is 0 Å². The molecule has 2 amide bonds. The fourth-order valence-corrected chi connectivity index (χ4v) is 2.65. The maximum atomic E-state index is 12.5. The topological polar surface area (TPSA) is 70.7 Å². The number of rotatable bonds is 7. The molecule has 27 heavy (non-hydrogen) atoms. The number of methoxy groups -OCH3 is 1. The second kappa shape index (κ2) is 9.39. The molecule has 0 bridgehead atoms. The molecule has 7 heteroatoms. The van der Waals surface area contributed by atoms with Crippen molar-refractivity contribution in [2.24, 2.45) is 0 Å². The summed E-state index contributed by atoms with van der Waals surface area (Å²) >= 11 is 5.97. The summed E-state index contributed by atoms with van der Waals surface area (Å²) in [6.07, 6.45) is 0. The zero-order valence-corrected chi connectivity index (χ0v) is 16.6. The Labute approximate surface area is 164 Å². The van der Waals surface area contributed by atoms with Crippen LogP contribution in [0.2, 0.25) is 5.02 Å². The van der Waals surface area contributed by atoms with Gasteiger partial charge >= 0.3 is 0 Å². The van der Waals surface area contributed by atoms with Crippen LogP contribution < -0.4 is 15.4 Å². The number of carbonyl (C=O) groups is 2. The summed E-state index contributed by atoms with van der Waals surface area (Å²) in [5.41, 5.74) is 2.22. The van der Waals surface area contributed by atoms with Gasteiger partial charge < -0.3 is 15.4 Å². The highest BCUT2D eigenvalue weighted by Gasteiger charge is 2.21. The van der Waals surface area contributed by atoms with E-state index in [1.165, 1.54) is 7.11 Å². The fraction of sp³-hybridized carbons (Fsp3) is 0.300. The van der Waals surface area contributed by atoms with Crippen molar-refractivity contribution < 1.29 is 14.3 Å². The van der Waals surface area contributed by atoms with Crippen LogP contribution in [0, 0.1) is 6.92 Å². The number of hydrogen-bond acceptors (Lipinski definition) is 4. The summed E-state index contributed by atoms with van der Waals surface area (Å²) in [6.45, 7) is 3.72. The average molecular weight is 390 g/mol. The monoisotopic (exact) mass is 389 g/mol. The molecule has 0 aliphatic rings. The van der Waals surface area contributed by atoms with E-state index in [0.717, 1.165) is 11.3 Å². The van der Waals surface area contributed by atoms with E-state index >= 15 is 0 Å². The van der Waals surface area contributed by atoms with Crippen LogP contribution in [0.1, 0.15) is 12.5 Å². The summed E-state index contributed by atoms with van der Waals surface area (Å²) in [7, 11) is 3.24. The van der Waals surface area contributed by atoms with E-state index in [1.807, 2.05) is 31.2 Å². The van der Waals surface area contributed by atoms with Crippen LogP contribution in [0.3, 0.4) is 0 Å². The van der Waals surface area contributed by atoms with Gasteiger partial charge in [0.1, 0.15) is 5.75 Å². The summed E-state index contributed by atoms with van der Waals surface area (Å²) in [6, 6.07) is 12.0. The van der Waals surface area contributed by atoms with Crippen LogP contribution in [0.4, 0.5) is 11.4 Å². The van der Waals surface area contributed by atoms with Crippen molar-refractivity contribution in [3.05, 3.63) is 53.1 Å². The van der Waals surface area contributed by atoms with Crippen molar-refractivity contribution in [1.82, 2.24) is 4.90 Å². The van der Waals surface area contributed by atoms with E-state index in [1.54, 1.807) is 37.1 Å². The maximum absolute atomic E-state index is 12.5. The van der Waals surface area contributed by atoms with Gasteiger partial charge in [-0.3, -0.25) is 14.5 Å². The Bertz CT molecular complexity index is 826. The van der Waals surface area contributed by atoms with E-state index < -0.39 is 6.04 Å². The molecule has 0 saturated carbocycles. The first-order valence-corrected chi connectivity index (χ1v) is 8.89. The number of benzene rings is 2. The molecule has 2 rings (SSSR count). The van der Waals surface area contributed by atoms with E-state index in [0.29, 0.717) is 16.5 Å². The Morgan fingerprint density at radius 2 is 1.85 bits per heavy atom. The minimum Gasteiger partial charge on any atom is -0.495 e. The van der Waals surface area contributed by atoms with Crippen LogP contribution in [0.25, 0.3) is 0 Å². The lowest BCUT2D eigenvalue weighted by molar-refractivity contribution is -0.122. The van der Waals surface area contributed by atoms with Crippen LogP contribution in [0.5, 0.6) is 5.75 Å². The summed E-state index contributed by atoms with van der Waals surface area (Å²) in [5.74, 6) is 0.0642. The first-order chi connectivity index (χ1) is 12.8. The van der Waals surface area contributed by atoms with Gasteiger partial charge in [-0.25, -0.2) is 0 Å². The van der Waals surface area contributed by atoms with Crippen molar-refractivity contribution in [2.75, 3.05) is 31.3 Å². The molecule has 0 aliphatic heterocycles. The average Bonchev–Trinajstić information content (AvgIpc) is 2.63. The van der Waals surface area contributed by atoms with E-state index in [-0.39, 0.29) is 18.4 Å². The molecule has 0 heterocycles. The number of halogens is 1. The summed E-state index contributed by atoms with van der Waals surface area (Å²) in [4.78, 5) is 26.5. The van der Waals surface area contributed by atoms with Crippen molar-refractivity contribution in [2.45, 2.75) is 19.9 Å². The first kappa shape index (κ1) is 20.7. The van der Waals surface area contributed by atoms with Gasteiger partial charge in [-0.2, -0.15) is 0 Å². The Morgan fingerprint density at radius 3 is 2.52 bits per heavy atom. The van der Waals surface area contributed by atoms with Crippen LogP contribution in [0.15, 0.2) is 42.5 Å². The molecule has 0 aromatic heterocycles. The number of ether oxygens (including phenoxy) is 1. The summed E-state index contributed by atoms with van der Waals surface area (Å²) < 4.78 is 5.22. The molecule has 2 N–H and O–H groups in total. The lowest BCUT2D eigenvalue weighted by Crippen LogP contribution is -2.43. The Morgan fingerprint density at radius 1 is 1.15 bits per heavy atom. The molecule has 0 saturated heterocycles. The Hall–Kier alpha value is -2.57. The van der Waals surface area contributed by atoms with Crippen molar-refractivity contribution in [3.63, 3.8) is 0 Å². The van der Waals surface area contributed by atoms with E-state index in [4.69, 9.17) is 16.3 Å². The number of likely N-dealkylation sites (N-methyl/N-ethyl adjacent to an activating group) is 1. The number of hydrogen-bond donors (Lipinski definition) is 2. The minimum atomic E-state index is -0.489. The maximum Gasteiger partial charge on any atom is 0.241 e. The predicted molar refractivity (Wildman–Crippen MR) is 109 cm³/mol. The zero-order valence-electron chi connectivity index (χ0n) is 15.9. The molecule has 2 aromatic carbocycles. The second-order valence-electron chi connectivity index (χ2n) is 6.29.